The van der Waals surface area contributed by atoms with Crippen LogP contribution in [0.15, 0.2) is 39.8 Å². The number of rotatable bonds is 1. The highest BCUT2D eigenvalue weighted by molar-refractivity contribution is 6.27. The molecule has 82 valence electrons. The van der Waals surface area contributed by atoms with Crippen LogP contribution in [0.5, 0.6) is 0 Å². The van der Waals surface area contributed by atoms with Gasteiger partial charge in [0.25, 0.3) is 0 Å². The maximum absolute atomic E-state index is 11.8. The molecule has 3 rings (SSSR count). The number of fused-ring (bicyclic) bond motifs is 2. The molecule has 0 spiro atoms. The molecule has 6 nitrogen and oxygen atoms in total. The first-order chi connectivity index (χ1) is 8.18. The van der Waals surface area contributed by atoms with Gasteiger partial charge in [-0.1, -0.05) is 0 Å². The summed E-state index contributed by atoms with van der Waals surface area (Å²) in [6.45, 7) is 0. The third-order valence-corrected chi connectivity index (χ3v) is 2.53. The predicted octanol–water partition coefficient (Wildman–Crippen LogP) is -0.643. The van der Waals surface area contributed by atoms with Crippen LogP contribution in [-0.2, 0) is 9.59 Å². The van der Waals surface area contributed by atoms with Crippen LogP contribution < -0.4 is 10.6 Å². The number of aromatic nitrogens is 1. The predicted molar refractivity (Wildman–Crippen MR) is 55.9 cm³/mol. The fourth-order valence-corrected chi connectivity index (χ4v) is 1.81. The summed E-state index contributed by atoms with van der Waals surface area (Å²) in [5.41, 5.74) is 0.0201. The van der Waals surface area contributed by atoms with E-state index in [0.717, 1.165) is 0 Å². The molecule has 0 saturated heterocycles. The van der Waals surface area contributed by atoms with Gasteiger partial charge < -0.3 is 5.11 Å². The summed E-state index contributed by atoms with van der Waals surface area (Å²) < 4.78 is 0. The van der Waals surface area contributed by atoms with Crippen molar-refractivity contribution < 1.29 is 14.7 Å². The van der Waals surface area contributed by atoms with Gasteiger partial charge in [-0.05, 0) is 12.1 Å². The molecule has 0 fully saturated rings. The first-order valence-corrected chi connectivity index (χ1v) is 4.79. The van der Waals surface area contributed by atoms with E-state index in [0.29, 0.717) is 10.6 Å². The monoisotopic (exact) mass is 227 g/mol. The molecule has 0 unspecified atom stereocenters. The van der Waals surface area contributed by atoms with Gasteiger partial charge in [-0.15, -0.1) is 10.2 Å². The second kappa shape index (κ2) is 3.18. The van der Waals surface area contributed by atoms with Crippen LogP contribution in [-0.4, -0.2) is 21.8 Å². The lowest BCUT2D eigenvalue weighted by Gasteiger charge is -2.04. The average Bonchev–Trinajstić information content (AvgIpc) is 2.74. The highest BCUT2D eigenvalue weighted by Gasteiger charge is 2.30. The third-order valence-electron chi connectivity index (χ3n) is 2.53. The number of nitrogens with zero attached hydrogens (tertiary/aromatic N) is 3. The Labute approximate surface area is 94.3 Å². The van der Waals surface area contributed by atoms with E-state index < -0.39 is 11.8 Å². The van der Waals surface area contributed by atoms with Gasteiger partial charge in [-0.3, -0.25) is 9.78 Å². The number of hydrogen-bond acceptors (Lipinski definition) is 5. The van der Waals surface area contributed by atoms with E-state index >= 15 is 0 Å². The van der Waals surface area contributed by atoms with E-state index in [2.05, 4.69) is 15.2 Å². The summed E-state index contributed by atoms with van der Waals surface area (Å²) >= 11 is 0. The maximum atomic E-state index is 11.8. The van der Waals surface area contributed by atoms with Crippen molar-refractivity contribution in [2.24, 2.45) is 10.2 Å². The summed E-state index contributed by atoms with van der Waals surface area (Å²) in [5.74, 6) is -1.68. The Hall–Kier alpha value is -2.63. The minimum Gasteiger partial charge on any atom is -0.476 e. The van der Waals surface area contributed by atoms with Gasteiger partial charge in [0.2, 0.25) is 0 Å². The lowest BCUT2D eigenvalue weighted by Crippen LogP contribution is -2.35. The molecule has 0 amide bonds. The second-order valence-corrected chi connectivity index (χ2v) is 3.52. The minimum atomic E-state index is -1.26. The molecule has 1 aromatic rings. The van der Waals surface area contributed by atoms with Crippen LogP contribution in [0.3, 0.4) is 0 Å². The van der Waals surface area contributed by atoms with Crippen molar-refractivity contribution in [3.63, 3.8) is 0 Å². The van der Waals surface area contributed by atoms with E-state index in [-0.39, 0.29) is 17.0 Å². The molecular weight excluding hydrogens is 222 g/mol. The molecule has 17 heavy (non-hydrogen) atoms. The van der Waals surface area contributed by atoms with Crippen molar-refractivity contribution in [2.45, 2.75) is 0 Å². The smallest absolute Gasteiger partial charge is 0.357 e. The Kier molecular flexibility index (Phi) is 1.79. The molecule has 1 aromatic heterocycles. The molecule has 2 heterocycles. The van der Waals surface area contributed by atoms with E-state index in [1.165, 1.54) is 6.08 Å². The van der Waals surface area contributed by atoms with Crippen LogP contribution >= 0.6 is 0 Å². The molecule has 0 aromatic carbocycles. The van der Waals surface area contributed by atoms with Gasteiger partial charge in [0.15, 0.2) is 11.5 Å². The molecule has 0 saturated carbocycles. The van der Waals surface area contributed by atoms with Gasteiger partial charge in [-0.25, -0.2) is 4.79 Å². The summed E-state index contributed by atoms with van der Waals surface area (Å²) in [6.07, 6.45) is 2.86. The van der Waals surface area contributed by atoms with Gasteiger partial charge in [0.05, 0.1) is 10.9 Å². The zero-order valence-corrected chi connectivity index (χ0v) is 8.41. The molecular formula is C11H5N3O3. The number of ketones is 1. The molecule has 1 aliphatic carbocycles. The lowest BCUT2D eigenvalue weighted by atomic mass is 10.00. The quantitative estimate of drug-likeness (QED) is 0.690. The van der Waals surface area contributed by atoms with E-state index in [1.807, 2.05) is 0 Å². The standard InChI is InChI=1S/C11H5N3O3/c15-7-4-6-5(2-1-3-12-6)9-8(7)10(11(16)17)14-13-9/h1-4H,(H,16,17). The van der Waals surface area contributed by atoms with Crippen molar-refractivity contribution in [3.05, 3.63) is 40.2 Å². The van der Waals surface area contributed by atoms with Crippen molar-refractivity contribution in [1.29, 1.82) is 0 Å². The zero-order valence-electron chi connectivity index (χ0n) is 8.41. The molecule has 0 radical (unpaired) electrons. The fourth-order valence-electron chi connectivity index (χ4n) is 1.81. The molecule has 6 heteroatoms. The number of azo groups is 1. The largest absolute Gasteiger partial charge is 0.476 e. The highest BCUT2D eigenvalue weighted by atomic mass is 16.4. The first-order valence-electron chi connectivity index (χ1n) is 4.79. The fraction of sp³-hybridized carbons (Fsp3) is 0. The molecule has 2 aliphatic rings. The number of hydrogen-bond donors (Lipinski definition) is 1. The van der Waals surface area contributed by atoms with E-state index in [9.17, 15) is 9.59 Å². The molecule has 0 bridgehead atoms. The number of aliphatic carboxylic acids is 1. The number of carbonyl (C=O) groups is 2. The van der Waals surface area contributed by atoms with Gasteiger partial charge >= 0.3 is 5.97 Å². The Balaban J connectivity index is 2.47. The molecule has 0 atom stereocenters. The average molecular weight is 227 g/mol. The summed E-state index contributed by atoms with van der Waals surface area (Å²) in [7, 11) is 0. The number of carboxylic acids is 1. The van der Waals surface area contributed by atoms with Crippen LogP contribution in [0.1, 0.15) is 0 Å². The minimum absolute atomic E-state index is 0.0398. The van der Waals surface area contributed by atoms with Crippen LogP contribution in [0, 0.1) is 0 Å². The lowest BCUT2D eigenvalue weighted by molar-refractivity contribution is -0.133. The number of pyridine rings is 1. The van der Waals surface area contributed by atoms with Crippen molar-refractivity contribution in [2.75, 3.05) is 0 Å². The second-order valence-electron chi connectivity index (χ2n) is 3.52. The Morgan fingerprint density at radius 3 is 2.88 bits per heavy atom. The maximum Gasteiger partial charge on any atom is 0.357 e. The van der Waals surface area contributed by atoms with Gasteiger partial charge in [0, 0.05) is 17.5 Å². The topological polar surface area (TPSA) is 92.0 Å². The normalized spacial score (nSPS) is 16.7. The third kappa shape index (κ3) is 1.24. The van der Waals surface area contributed by atoms with Crippen LogP contribution in [0.25, 0.3) is 11.8 Å². The van der Waals surface area contributed by atoms with E-state index in [4.69, 9.17) is 5.11 Å². The molecule has 1 aliphatic heterocycles. The first kappa shape index (κ1) is 9.59. The van der Waals surface area contributed by atoms with Crippen molar-refractivity contribution >= 4 is 23.5 Å². The summed E-state index contributed by atoms with van der Waals surface area (Å²) in [6, 6.07) is 3.42. The Morgan fingerprint density at radius 1 is 1.29 bits per heavy atom. The van der Waals surface area contributed by atoms with Crippen LogP contribution in [0.2, 0.25) is 0 Å². The van der Waals surface area contributed by atoms with Gasteiger partial charge in [0.1, 0.15) is 5.70 Å². The number of carbonyl (C=O) groups excluding carboxylic acids is 1. The van der Waals surface area contributed by atoms with Crippen molar-refractivity contribution in [1.82, 2.24) is 4.98 Å². The van der Waals surface area contributed by atoms with Crippen molar-refractivity contribution in [3.8, 4) is 0 Å². The SMILES string of the molecule is O=C(O)C1=C2C(=O)C=c3ncccc3=C2N=N1. The highest BCUT2D eigenvalue weighted by Crippen LogP contribution is 2.27. The Morgan fingerprint density at radius 2 is 2.12 bits per heavy atom. The molecule has 1 N–H and O–H groups in total. The Bertz CT molecular complexity index is 743. The number of carboxylic acid groups (broad SMARTS) is 1. The number of Topliss-reactive ketones (excluding diaryl/α,β-unsaturated/α-hetero) is 1. The summed E-state index contributed by atoms with van der Waals surface area (Å²) in [4.78, 5) is 26.7. The van der Waals surface area contributed by atoms with E-state index in [1.54, 1.807) is 18.3 Å². The van der Waals surface area contributed by atoms with Crippen LogP contribution in [0.4, 0.5) is 0 Å². The van der Waals surface area contributed by atoms with Gasteiger partial charge in [-0.2, -0.15) is 0 Å². The summed E-state index contributed by atoms with van der Waals surface area (Å²) in [5, 5.41) is 17.3. The zero-order chi connectivity index (χ0) is 12.0.